The summed E-state index contributed by atoms with van der Waals surface area (Å²) in [5.41, 5.74) is 4.08. The second-order valence-electron chi connectivity index (χ2n) is 9.47. The summed E-state index contributed by atoms with van der Waals surface area (Å²) in [5.74, 6) is -2.54. The van der Waals surface area contributed by atoms with Crippen LogP contribution in [0.3, 0.4) is 0 Å². The summed E-state index contributed by atoms with van der Waals surface area (Å²) in [5, 5.41) is 19.0. The van der Waals surface area contributed by atoms with Gasteiger partial charge in [0.25, 0.3) is 0 Å². The van der Waals surface area contributed by atoms with Gasteiger partial charge >= 0.3 is 5.97 Å². The average Bonchev–Trinajstić information content (AvgIpc) is 3.40. The number of H-pyrrole nitrogens is 1. The first-order valence-corrected chi connectivity index (χ1v) is 12.5. The molecule has 0 bridgehead atoms. The predicted octanol–water partition coefficient (Wildman–Crippen LogP) is 6.01. The lowest BCUT2D eigenvalue weighted by Crippen LogP contribution is -2.16. The quantitative estimate of drug-likeness (QED) is 0.275. The molecule has 0 spiro atoms. The van der Waals surface area contributed by atoms with Crippen molar-refractivity contribution < 1.29 is 28.5 Å². The number of halogens is 1. The van der Waals surface area contributed by atoms with E-state index in [9.17, 15) is 9.90 Å². The maximum atomic E-state index is 15.4. The predicted molar refractivity (Wildman–Crippen MR) is 142 cm³/mol. The summed E-state index contributed by atoms with van der Waals surface area (Å²) in [7, 11) is 1.21. The fourth-order valence-corrected chi connectivity index (χ4v) is 5.18. The van der Waals surface area contributed by atoms with Gasteiger partial charge in [0.2, 0.25) is 11.7 Å². The maximum absolute atomic E-state index is 15.4. The Labute approximate surface area is 222 Å². The van der Waals surface area contributed by atoms with Gasteiger partial charge in [0.05, 0.1) is 24.5 Å². The SMILES string of the molecule is COc1c(C(=O)O)ccc(Oc2nc(C3CCOCC3)c(-c3ccnc(C)c3)c3cc4cn[nH]c4cc23)c1F. The van der Waals surface area contributed by atoms with Crippen LogP contribution in [0.25, 0.3) is 32.8 Å². The molecular formula is C29H25FN4O5. The number of carboxylic acids is 1. The van der Waals surface area contributed by atoms with E-state index >= 15 is 4.39 Å². The molecule has 1 aliphatic rings. The summed E-state index contributed by atoms with van der Waals surface area (Å²) in [6, 6.07) is 10.4. The molecule has 1 saturated heterocycles. The topological polar surface area (TPSA) is 119 Å². The van der Waals surface area contributed by atoms with Crippen molar-refractivity contribution in [3.05, 3.63) is 71.6 Å². The Morgan fingerprint density at radius 2 is 1.97 bits per heavy atom. The first-order chi connectivity index (χ1) is 18.9. The van der Waals surface area contributed by atoms with Crippen molar-refractivity contribution in [1.82, 2.24) is 20.2 Å². The molecular weight excluding hydrogens is 503 g/mol. The van der Waals surface area contributed by atoms with E-state index in [0.717, 1.165) is 51.6 Å². The Kier molecular flexibility index (Phi) is 6.32. The number of fused-ring (bicyclic) bond motifs is 2. The highest BCUT2D eigenvalue weighted by molar-refractivity contribution is 6.06. The molecule has 4 heterocycles. The minimum Gasteiger partial charge on any atom is -0.493 e. The summed E-state index contributed by atoms with van der Waals surface area (Å²) in [6.07, 6.45) is 5.08. The van der Waals surface area contributed by atoms with Gasteiger partial charge in [-0.3, -0.25) is 10.1 Å². The Bertz CT molecular complexity index is 1730. The lowest BCUT2D eigenvalue weighted by atomic mass is 9.87. The van der Waals surface area contributed by atoms with Gasteiger partial charge in [0, 0.05) is 47.4 Å². The van der Waals surface area contributed by atoms with Crippen molar-refractivity contribution in [1.29, 1.82) is 0 Å². The lowest BCUT2D eigenvalue weighted by Gasteiger charge is -2.26. The van der Waals surface area contributed by atoms with Gasteiger partial charge in [0.15, 0.2) is 11.5 Å². The number of aromatic nitrogens is 4. The van der Waals surface area contributed by atoms with Crippen LogP contribution in [0.4, 0.5) is 4.39 Å². The number of aromatic amines is 1. The molecule has 2 aromatic carbocycles. The smallest absolute Gasteiger partial charge is 0.339 e. The van der Waals surface area contributed by atoms with Crippen LogP contribution in [0.5, 0.6) is 17.4 Å². The number of nitrogens with one attached hydrogen (secondary N) is 1. The van der Waals surface area contributed by atoms with E-state index in [-0.39, 0.29) is 23.1 Å². The molecule has 0 unspecified atom stereocenters. The van der Waals surface area contributed by atoms with E-state index in [1.54, 1.807) is 12.4 Å². The number of nitrogens with zero attached hydrogens (tertiary/aromatic N) is 3. The zero-order valence-electron chi connectivity index (χ0n) is 21.3. The average molecular weight is 529 g/mol. The molecule has 2 N–H and O–H groups in total. The largest absolute Gasteiger partial charge is 0.493 e. The molecule has 198 valence electrons. The van der Waals surface area contributed by atoms with E-state index in [2.05, 4.69) is 15.2 Å². The first kappa shape index (κ1) is 24.7. The van der Waals surface area contributed by atoms with Crippen molar-refractivity contribution in [2.24, 2.45) is 0 Å². The molecule has 1 aliphatic heterocycles. The number of hydrogen-bond acceptors (Lipinski definition) is 7. The Morgan fingerprint density at radius 1 is 1.15 bits per heavy atom. The highest BCUT2D eigenvalue weighted by Crippen LogP contribution is 2.44. The lowest BCUT2D eigenvalue weighted by molar-refractivity contribution is 0.0692. The van der Waals surface area contributed by atoms with Crippen molar-refractivity contribution in [3.63, 3.8) is 0 Å². The van der Waals surface area contributed by atoms with Crippen molar-refractivity contribution in [2.45, 2.75) is 25.7 Å². The summed E-state index contributed by atoms with van der Waals surface area (Å²) in [4.78, 5) is 21.0. The van der Waals surface area contributed by atoms with Gasteiger partial charge in [-0.25, -0.2) is 9.78 Å². The molecule has 9 nitrogen and oxygen atoms in total. The molecule has 39 heavy (non-hydrogen) atoms. The number of carbonyl (C=O) groups is 1. The van der Waals surface area contributed by atoms with E-state index in [0.29, 0.717) is 18.6 Å². The van der Waals surface area contributed by atoms with Crippen molar-refractivity contribution in [3.8, 4) is 28.5 Å². The van der Waals surface area contributed by atoms with Crippen LogP contribution in [-0.4, -0.2) is 51.6 Å². The zero-order chi connectivity index (χ0) is 27.1. The van der Waals surface area contributed by atoms with E-state index < -0.39 is 17.5 Å². The third-order valence-corrected chi connectivity index (χ3v) is 7.05. The number of rotatable bonds is 6. The minimum absolute atomic E-state index is 0.0859. The fourth-order valence-electron chi connectivity index (χ4n) is 5.18. The van der Waals surface area contributed by atoms with Crippen LogP contribution in [0, 0.1) is 12.7 Å². The number of hydrogen-bond donors (Lipinski definition) is 2. The van der Waals surface area contributed by atoms with Crippen molar-refractivity contribution >= 4 is 27.6 Å². The van der Waals surface area contributed by atoms with Crippen LogP contribution < -0.4 is 9.47 Å². The monoisotopic (exact) mass is 528 g/mol. The third kappa shape index (κ3) is 4.42. The molecule has 0 aliphatic carbocycles. The summed E-state index contributed by atoms with van der Waals surface area (Å²) >= 11 is 0. The molecule has 5 aromatic rings. The second kappa shape index (κ2) is 9.95. The molecule has 0 saturated carbocycles. The Balaban J connectivity index is 1.63. The molecule has 6 rings (SSSR count). The van der Waals surface area contributed by atoms with Crippen LogP contribution in [0.1, 0.15) is 40.5 Å². The number of aromatic carboxylic acids is 1. The number of ether oxygens (including phenoxy) is 3. The van der Waals surface area contributed by atoms with Gasteiger partial charge in [-0.1, -0.05) is 0 Å². The van der Waals surface area contributed by atoms with Crippen molar-refractivity contribution in [2.75, 3.05) is 20.3 Å². The van der Waals surface area contributed by atoms with Gasteiger partial charge in [-0.05, 0) is 67.1 Å². The maximum Gasteiger partial charge on any atom is 0.339 e. The normalized spacial score (nSPS) is 14.1. The molecule has 0 atom stereocenters. The zero-order valence-corrected chi connectivity index (χ0v) is 21.3. The minimum atomic E-state index is -1.30. The number of methoxy groups -OCH3 is 1. The van der Waals surface area contributed by atoms with Gasteiger partial charge in [0.1, 0.15) is 5.56 Å². The highest BCUT2D eigenvalue weighted by atomic mass is 19.1. The van der Waals surface area contributed by atoms with Gasteiger partial charge in [-0.2, -0.15) is 9.49 Å². The standard InChI is InChI=1S/C29H25FN4O5/c1-15-11-17(5-8-31-15)24-20-12-18-14-32-34-22(18)13-21(20)28(33-26(24)16-6-9-38-10-7-16)39-23-4-3-19(29(35)36)27(37-2)25(23)30/h3-5,8,11-14,16H,6-7,9-10H2,1-2H3,(H,32,34)(H,35,36). The number of benzene rings is 2. The Hall–Kier alpha value is -4.57. The second-order valence-corrected chi connectivity index (χ2v) is 9.47. The molecule has 0 amide bonds. The highest BCUT2D eigenvalue weighted by Gasteiger charge is 2.27. The van der Waals surface area contributed by atoms with Crippen LogP contribution >= 0.6 is 0 Å². The number of pyridine rings is 2. The Morgan fingerprint density at radius 3 is 2.72 bits per heavy atom. The number of carboxylic acid groups (broad SMARTS) is 1. The summed E-state index contributed by atoms with van der Waals surface area (Å²) < 4.78 is 32.3. The molecule has 3 aromatic heterocycles. The van der Waals surface area contributed by atoms with Crippen LogP contribution in [0.2, 0.25) is 0 Å². The molecule has 1 fully saturated rings. The van der Waals surface area contributed by atoms with Gasteiger partial charge < -0.3 is 19.3 Å². The van der Waals surface area contributed by atoms with E-state index in [4.69, 9.17) is 19.2 Å². The third-order valence-electron chi connectivity index (χ3n) is 7.05. The van der Waals surface area contributed by atoms with Crippen LogP contribution in [0.15, 0.2) is 48.8 Å². The molecule has 10 heteroatoms. The number of aryl methyl sites for hydroxylation is 1. The van der Waals surface area contributed by atoms with E-state index in [1.807, 2.05) is 31.2 Å². The first-order valence-electron chi connectivity index (χ1n) is 12.5. The van der Waals surface area contributed by atoms with Gasteiger partial charge in [-0.15, -0.1) is 0 Å². The molecule has 0 radical (unpaired) electrons. The fraction of sp³-hybridized carbons (Fsp3) is 0.241. The summed E-state index contributed by atoms with van der Waals surface area (Å²) in [6.45, 7) is 3.16. The van der Waals surface area contributed by atoms with E-state index in [1.165, 1.54) is 19.2 Å². The van der Waals surface area contributed by atoms with Crippen LogP contribution in [-0.2, 0) is 4.74 Å².